The van der Waals surface area contributed by atoms with Crippen LogP contribution in [0.15, 0.2) is 12.2 Å². The summed E-state index contributed by atoms with van der Waals surface area (Å²) in [6.45, 7) is 31.0. The van der Waals surface area contributed by atoms with Gasteiger partial charge in [-0.15, -0.1) is 0 Å². The van der Waals surface area contributed by atoms with Gasteiger partial charge >= 0.3 is 0 Å². The van der Waals surface area contributed by atoms with Crippen LogP contribution >= 0.6 is 0 Å². The molecule has 0 aromatic carbocycles. The molecule has 0 aromatic rings. The van der Waals surface area contributed by atoms with Crippen LogP contribution in [0, 0.1) is 23.7 Å². The molecule has 8 aliphatic rings. The number of morpholine rings is 1. The number of nitrogens with two attached hydrogens (primary N) is 1. The average Bonchev–Trinajstić information content (AvgIpc) is 3.62. The van der Waals surface area contributed by atoms with Crippen molar-refractivity contribution in [3.05, 3.63) is 12.2 Å². The van der Waals surface area contributed by atoms with E-state index in [1.807, 2.05) is 18.7 Å². The van der Waals surface area contributed by atoms with Crippen LogP contribution in [-0.2, 0) is 4.74 Å². The first kappa shape index (κ1) is 36.6. The van der Waals surface area contributed by atoms with Crippen LogP contribution in [-0.4, -0.2) is 119 Å². The van der Waals surface area contributed by atoms with Gasteiger partial charge in [0.2, 0.25) is 0 Å². The molecule has 0 aliphatic carbocycles. The van der Waals surface area contributed by atoms with Crippen LogP contribution in [0.2, 0.25) is 0 Å². The molecular formula is C38H69F2N5O. The van der Waals surface area contributed by atoms with Crippen molar-refractivity contribution in [1.29, 1.82) is 0 Å². The molecule has 6 nitrogen and oxygen atoms in total. The third kappa shape index (κ3) is 6.88. The normalized spacial score (nSPS) is 39.6. The van der Waals surface area contributed by atoms with Gasteiger partial charge in [0.05, 0.1) is 19.8 Å². The standard InChI is InChI=1S/C10H19NO.C10H17N.C9H15F2N.C9H18N2/c1-8(2)10-4-3-9-7-12-6-5-11(9)10;1-8(2)10-4-5-11(10)7-9(3)6-10;1-7(2)8-3-4-12(8)6-9(10,11)5-8;1-7(2)9-3-4-11(9)6-8(10)5-9/h8-10H,3-7H2,1-2H3;8H,3-7H2,1-2H3;7H,3-6H2,1-2H3;7-8H,3-6,10H2,1-2H3. The van der Waals surface area contributed by atoms with E-state index in [4.69, 9.17) is 10.5 Å². The summed E-state index contributed by atoms with van der Waals surface area (Å²) in [5.41, 5.74) is 8.28. The molecule has 8 rings (SSSR count). The fourth-order valence-corrected chi connectivity index (χ4v) is 10.6. The molecule has 0 radical (unpaired) electrons. The van der Waals surface area contributed by atoms with E-state index in [-0.39, 0.29) is 18.5 Å². The Kier molecular flexibility index (Phi) is 11.1. The maximum atomic E-state index is 13.0. The van der Waals surface area contributed by atoms with E-state index in [9.17, 15) is 8.78 Å². The SMILES string of the molecule is C=C1CN2CCC2(C(C)C)C1.CC(C)C12CCN1CC(F)(F)C2.CC(C)C12CCN1CC(N)C2.CC(C)C1CCC2COCCN21. The number of ether oxygens (including phenoxy) is 1. The van der Waals surface area contributed by atoms with Crippen molar-refractivity contribution in [2.24, 2.45) is 29.4 Å². The quantitative estimate of drug-likeness (QED) is 0.351. The average molecular weight is 650 g/mol. The van der Waals surface area contributed by atoms with Crippen LogP contribution < -0.4 is 5.73 Å². The highest BCUT2D eigenvalue weighted by atomic mass is 19.3. The molecule has 6 unspecified atom stereocenters. The number of hydrogen-bond donors (Lipinski definition) is 1. The van der Waals surface area contributed by atoms with E-state index in [0.717, 1.165) is 75.7 Å². The lowest BCUT2D eigenvalue weighted by molar-refractivity contribution is -0.0116. The van der Waals surface area contributed by atoms with Crippen LogP contribution in [0.5, 0.6) is 0 Å². The Morgan fingerprint density at radius 1 is 0.804 bits per heavy atom. The van der Waals surface area contributed by atoms with Crippen LogP contribution in [0.1, 0.15) is 107 Å². The summed E-state index contributed by atoms with van der Waals surface area (Å²) >= 11 is 0. The zero-order valence-electron chi connectivity index (χ0n) is 30.8. The minimum absolute atomic E-state index is 0.00875. The second kappa shape index (κ2) is 13.9. The zero-order chi connectivity index (χ0) is 33.7. The van der Waals surface area contributed by atoms with Gasteiger partial charge < -0.3 is 10.5 Å². The van der Waals surface area contributed by atoms with Crippen molar-refractivity contribution >= 4 is 0 Å². The van der Waals surface area contributed by atoms with Gasteiger partial charge in [-0.3, -0.25) is 19.6 Å². The van der Waals surface area contributed by atoms with E-state index in [1.165, 1.54) is 57.2 Å². The van der Waals surface area contributed by atoms with Gasteiger partial charge in [0, 0.05) is 80.4 Å². The second-order valence-electron chi connectivity index (χ2n) is 17.6. The van der Waals surface area contributed by atoms with E-state index in [1.54, 1.807) is 0 Å². The summed E-state index contributed by atoms with van der Waals surface area (Å²) in [5, 5.41) is 0. The molecular weight excluding hydrogens is 580 g/mol. The fraction of sp³-hybridized carbons (Fsp3) is 0.947. The number of hydrogen-bond acceptors (Lipinski definition) is 6. The molecule has 0 amide bonds. The first-order valence-electron chi connectivity index (χ1n) is 18.9. The predicted octanol–water partition coefficient (Wildman–Crippen LogP) is 6.50. The fourth-order valence-electron chi connectivity index (χ4n) is 10.6. The number of fused-ring (bicyclic) bond motifs is 4. The molecule has 8 aliphatic heterocycles. The molecule has 46 heavy (non-hydrogen) atoms. The van der Waals surface area contributed by atoms with Crippen molar-refractivity contribution in [1.82, 2.24) is 19.6 Å². The van der Waals surface area contributed by atoms with Crippen molar-refractivity contribution in [2.75, 3.05) is 59.0 Å². The molecule has 8 saturated heterocycles. The molecule has 8 heterocycles. The van der Waals surface area contributed by atoms with Crippen LogP contribution in [0.3, 0.4) is 0 Å². The van der Waals surface area contributed by atoms with Crippen LogP contribution in [0.4, 0.5) is 8.78 Å². The Labute approximate surface area is 280 Å². The first-order chi connectivity index (χ1) is 21.5. The highest BCUT2D eigenvalue weighted by Gasteiger charge is 2.60. The minimum atomic E-state index is -2.43. The highest BCUT2D eigenvalue weighted by Crippen LogP contribution is 2.51. The van der Waals surface area contributed by atoms with Gasteiger partial charge in [0.25, 0.3) is 5.92 Å². The van der Waals surface area contributed by atoms with Crippen LogP contribution in [0.25, 0.3) is 0 Å². The molecule has 0 aromatic heterocycles. The highest BCUT2D eigenvalue weighted by molar-refractivity contribution is 5.20. The van der Waals surface area contributed by atoms with Crippen molar-refractivity contribution in [3.8, 4) is 0 Å². The van der Waals surface area contributed by atoms with Crippen molar-refractivity contribution < 1.29 is 13.5 Å². The molecule has 2 N–H and O–H groups in total. The molecule has 0 bridgehead atoms. The van der Waals surface area contributed by atoms with Gasteiger partial charge in [-0.25, -0.2) is 8.78 Å². The summed E-state index contributed by atoms with van der Waals surface area (Å²) in [4.78, 5) is 9.79. The molecule has 266 valence electrons. The van der Waals surface area contributed by atoms with E-state index >= 15 is 0 Å². The summed E-state index contributed by atoms with van der Waals surface area (Å²) in [7, 11) is 0. The Bertz CT molecular complexity index is 1050. The molecule has 8 fully saturated rings. The van der Waals surface area contributed by atoms with E-state index in [0.29, 0.717) is 23.0 Å². The maximum absolute atomic E-state index is 13.0. The lowest BCUT2D eigenvalue weighted by atomic mass is 9.75. The van der Waals surface area contributed by atoms with Crippen molar-refractivity contribution in [2.45, 2.75) is 147 Å². The first-order valence-corrected chi connectivity index (χ1v) is 18.9. The summed E-state index contributed by atoms with van der Waals surface area (Å²) in [6.07, 6.45) is 9.02. The molecule has 6 atom stereocenters. The third-order valence-electron chi connectivity index (χ3n) is 13.8. The minimum Gasteiger partial charge on any atom is -0.378 e. The largest absolute Gasteiger partial charge is 0.378 e. The summed E-state index contributed by atoms with van der Waals surface area (Å²) in [5.74, 6) is 0.328. The third-order valence-corrected chi connectivity index (χ3v) is 13.8. The Morgan fingerprint density at radius 3 is 1.80 bits per heavy atom. The Hall–Kier alpha value is -0.640. The van der Waals surface area contributed by atoms with Crippen molar-refractivity contribution in [3.63, 3.8) is 0 Å². The zero-order valence-corrected chi connectivity index (χ0v) is 30.8. The Balaban J connectivity index is 0.000000121. The number of rotatable bonds is 4. The predicted molar refractivity (Wildman–Crippen MR) is 186 cm³/mol. The van der Waals surface area contributed by atoms with Gasteiger partial charge in [-0.2, -0.15) is 0 Å². The summed E-state index contributed by atoms with van der Waals surface area (Å²) in [6, 6.07) is 2.02. The smallest absolute Gasteiger partial charge is 0.262 e. The topological polar surface area (TPSA) is 48.2 Å². The molecule has 8 heteroatoms. The monoisotopic (exact) mass is 650 g/mol. The van der Waals surface area contributed by atoms with Gasteiger partial charge in [-0.1, -0.05) is 67.5 Å². The number of alkyl halides is 2. The van der Waals surface area contributed by atoms with Gasteiger partial charge in [-0.05, 0) is 68.6 Å². The van der Waals surface area contributed by atoms with Gasteiger partial charge in [0.1, 0.15) is 0 Å². The molecule has 0 spiro atoms. The van der Waals surface area contributed by atoms with E-state index < -0.39 is 5.92 Å². The number of halogens is 2. The van der Waals surface area contributed by atoms with E-state index in [2.05, 4.69) is 62.8 Å². The lowest BCUT2D eigenvalue weighted by Gasteiger charge is -2.51. The Morgan fingerprint density at radius 2 is 1.41 bits per heavy atom. The van der Waals surface area contributed by atoms with Gasteiger partial charge in [0.15, 0.2) is 0 Å². The lowest BCUT2D eigenvalue weighted by Crippen LogP contribution is -2.58. The second-order valence-corrected chi connectivity index (χ2v) is 17.6. The maximum Gasteiger partial charge on any atom is 0.262 e. The molecule has 0 saturated carbocycles. The number of nitrogens with zero attached hydrogens (tertiary/aromatic N) is 4. The summed E-state index contributed by atoms with van der Waals surface area (Å²) < 4.78 is 31.6.